The topological polar surface area (TPSA) is 62.1 Å². The van der Waals surface area contributed by atoms with Gasteiger partial charge in [0.05, 0.1) is 11.1 Å². The third-order valence-electron chi connectivity index (χ3n) is 3.21. The van der Waals surface area contributed by atoms with Gasteiger partial charge in [0.25, 0.3) is 0 Å². The van der Waals surface area contributed by atoms with Gasteiger partial charge in [-0.25, -0.2) is 0 Å². The van der Waals surface area contributed by atoms with Crippen LogP contribution in [-0.2, 0) is 11.5 Å². The first-order valence-corrected chi connectivity index (χ1v) is 13.0. The summed E-state index contributed by atoms with van der Waals surface area (Å²) in [6.07, 6.45) is 1.64. The fourth-order valence-electron chi connectivity index (χ4n) is 1.92. The first-order chi connectivity index (χ1) is 11.7. The van der Waals surface area contributed by atoms with Gasteiger partial charge < -0.3 is 9.47 Å². The van der Waals surface area contributed by atoms with Gasteiger partial charge in [-0.15, -0.1) is 5.10 Å². The first kappa shape index (κ1) is 20.4. The van der Waals surface area contributed by atoms with Gasteiger partial charge in [-0.1, -0.05) is 31.2 Å². The van der Waals surface area contributed by atoms with E-state index in [1.54, 1.807) is 16.9 Å². The van der Waals surface area contributed by atoms with Crippen molar-refractivity contribution in [3.05, 3.63) is 21.8 Å². The van der Waals surface area contributed by atoms with Gasteiger partial charge in [0, 0.05) is 25.4 Å². The molecule has 0 fully saturated rings. The fraction of sp³-hybridized carbons (Fsp3) is 0.562. The molecule has 0 saturated heterocycles. The average Bonchev–Trinajstić information content (AvgIpc) is 2.84. The summed E-state index contributed by atoms with van der Waals surface area (Å²) in [5, 5.41) is 4.94. The van der Waals surface area contributed by atoms with Crippen LogP contribution >= 0.6 is 27.5 Å². The Balaban J connectivity index is 2.18. The second kappa shape index (κ2) is 8.61. The van der Waals surface area contributed by atoms with Crippen LogP contribution in [0.1, 0.15) is 13.8 Å². The van der Waals surface area contributed by atoms with Gasteiger partial charge >= 0.3 is 6.01 Å². The molecule has 25 heavy (non-hydrogen) atoms. The zero-order valence-electron chi connectivity index (χ0n) is 15.2. The van der Waals surface area contributed by atoms with E-state index in [0.717, 1.165) is 10.5 Å². The SMILES string of the molecule is CC(C)Oc1nc(-c2ncc(Br)cc2Cl)nn1COCC[Si](C)(C)C. The molecule has 2 heterocycles. The van der Waals surface area contributed by atoms with Crippen LogP contribution in [-0.4, -0.2) is 40.5 Å². The number of hydrogen-bond donors (Lipinski definition) is 0. The first-order valence-electron chi connectivity index (χ1n) is 8.16. The predicted octanol–water partition coefficient (Wildman–Crippen LogP) is 4.86. The molecule has 9 heteroatoms. The van der Waals surface area contributed by atoms with E-state index in [2.05, 4.69) is 50.6 Å². The van der Waals surface area contributed by atoms with Crippen LogP contribution in [0.2, 0.25) is 30.7 Å². The lowest BCUT2D eigenvalue weighted by Crippen LogP contribution is -2.22. The lowest BCUT2D eigenvalue weighted by Gasteiger charge is -2.15. The minimum absolute atomic E-state index is 0.0221. The number of aromatic nitrogens is 4. The summed E-state index contributed by atoms with van der Waals surface area (Å²) in [4.78, 5) is 8.74. The molecule has 138 valence electrons. The van der Waals surface area contributed by atoms with Gasteiger partial charge in [-0.3, -0.25) is 4.98 Å². The maximum atomic E-state index is 6.26. The normalized spacial score (nSPS) is 12.0. The van der Waals surface area contributed by atoms with E-state index < -0.39 is 8.07 Å². The zero-order valence-corrected chi connectivity index (χ0v) is 18.6. The summed E-state index contributed by atoms with van der Waals surface area (Å²) in [7, 11) is -1.13. The van der Waals surface area contributed by atoms with Crippen LogP contribution in [0.3, 0.4) is 0 Å². The number of nitrogens with zero attached hydrogens (tertiary/aromatic N) is 4. The second-order valence-electron chi connectivity index (χ2n) is 7.22. The lowest BCUT2D eigenvalue weighted by atomic mass is 10.3. The largest absolute Gasteiger partial charge is 0.461 e. The highest BCUT2D eigenvalue weighted by Gasteiger charge is 2.18. The third-order valence-corrected chi connectivity index (χ3v) is 5.63. The highest BCUT2D eigenvalue weighted by atomic mass is 79.9. The number of rotatable bonds is 8. The van der Waals surface area contributed by atoms with Gasteiger partial charge in [0.15, 0.2) is 0 Å². The van der Waals surface area contributed by atoms with Crippen molar-refractivity contribution in [3.63, 3.8) is 0 Å². The molecule has 6 nitrogen and oxygen atoms in total. The van der Waals surface area contributed by atoms with E-state index in [4.69, 9.17) is 21.1 Å². The highest BCUT2D eigenvalue weighted by molar-refractivity contribution is 9.10. The standard InChI is InChI=1S/C16H24BrClN4O2Si/c1-11(2)24-16-20-15(14-13(18)8-12(17)9-19-14)21-22(16)10-23-6-7-25(3,4)5/h8-9,11H,6-7,10H2,1-5H3. The zero-order chi connectivity index (χ0) is 18.6. The molecule has 0 aliphatic heterocycles. The van der Waals surface area contributed by atoms with Crippen molar-refractivity contribution in [2.45, 2.75) is 52.4 Å². The highest BCUT2D eigenvalue weighted by Crippen LogP contribution is 2.27. The molecule has 2 rings (SSSR count). The Morgan fingerprint density at radius 2 is 2.04 bits per heavy atom. The van der Waals surface area contributed by atoms with Crippen LogP contribution in [0.25, 0.3) is 11.5 Å². The summed E-state index contributed by atoms with van der Waals surface area (Å²) in [5.41, 5.74) is 0.513. The third kappa shape index (κ3) is 6.36. The fourth-order valence-corrected chi connectivity index (χ4v) is 3.39. The molecule has 0 aliphatic rings. The molecule has 0 radical (unpaired) electrons. The van der Waals surface area contributed by atoms with Gasteiger partial charge in [-0.2, -0.15) is 9.67 Å². The molecule has 0 N–H and O–H groups in total. The minimum atomic E-state index is -1.13. The number of ether oxygens (including phenoxy) is 2. The van der Waals surface area contributed by atoms with Crippen LogP contribution in [0.15, 0.2) is 16.7 Å². The molecule has 0 bridgehead atoms. The summed E-state index contributed by atoms with van der Waals surface area (Å²) >= 11 is 9.60. The van der Waals surface area contributed by atoms with Gasteiger partial charge in [-0.05, 0) is 41.9 Å². The van der Waals surface area contributed by atoms with Crippen LogP contribution < -0.4 is 4.74 Å². The maximum Gasteiger partial charge on any atom is 0.317 e. The molecule has 0 amide bonds. The van der Waals surface area contributed by atoms with Crippen molar-refractivity contribution in [3.8, 4) is 17.5 Å². The minimum Gasteiger partial charge on any atom is -0.461 e. The van der Waals surface area contributed by atoms with Crippen molar-refractivity contribution < 1.29 is 9.47 Å². The predicted molar refractivity (Wildman–Crippen MR) is 106 cm³/mol. The van der Waals surface area contributed by atoms with Crippen molar-refractivity contribution in [2.24, 2.45) is 0 Å². The van der Waals surface area contributed by atoms with Gasteiger partial charge in [0.2, 0.25) is 5.82 Å². The molecular formula is C16H24BrClN4O2Si. The Morgan fingerprint density at radius 3 is 2.64 bits per heavy atom. The van der Waals surface area contributed by atoms with E-state index in [1.165, 1.54) is 0 Å². The molecule has 2 aromatic rings. The van der Waals surface area contributed by atoms with E-state index in [0.29, 0.717) is 29.2 Å². The number of pyridine rings is 1. The molecule has 0 unspecified atom stereocenters. The number of hydrogen-bond acceptors (Lipinski definition) is 5. The molecular weight excluding hydrogens is 424 g/mol. The van der Waals surface area contributed by atoms with E-state index in [1.807, 2.05) is 13.8 Å². The number of halogens is 2. The van der Waals surface area contributed by atoms with Gasteiger partial charge in [0.1, 0.15) is 12.4 Å². The molecule has 0 spiro atoms. The van der Waals surface area contributed by atoms with E-state index >= 15 is 0 Å². The Hall–Kier alpha value is -0.963. The Kier molecular flexibility index (Phi) is 7.01. The van der Waals surface area contributed by atoms with E-state index in [9.17, 15) is 0 Å². The summed E-state index contributed by atoms with van der Waals surface area (Å²) in [5.74, 6) is 0.418. The molecule has 0 atom stereocenters. The van der Waals surface area contributed by atoms with Crippen LogP contribution in [0.4, 0.5) is 0 Å². The van der Waals surface area contributed by atoms with E-state index in [-0.39, 0.29) is 12.8 Å². The van der Waals surface area contributed by atoms with Crippen molar-refractivity contribution in [2.75, 3.05) is 6.61 Å². The molecule has 0 aliphatic carbocycles. The Labute approximate surface area is 163 Å². The van der Waals surface area contributed by atoms with Crippen molar-refractivity contribution in [1.82, 2.24) is 19.7 Å². The Morgan fingerprint density at radius 1 is 1.32 bits per heavy atom. The average molecular weight is 448 g/mol. The summed E-state index contributed by atoms with van der Waals surface area (Å²) < 4.78 is 13.9. The second-order valence-corrected chi connectivity index (χ2v) is 14.2. The summed E-state index contributed by atoms with van der Waals surface area (Å²) in [6.45, 7) is 11.8. The molecule has 2 aromatic heterocycles. The van der Waals surface area contributed by atoms with Crippen LogP contribution in [0, 0.1) is 0 Å². The van der Waals surface area contributed by atoms with Crippen molar-refractivity contribution in [1.29, 1.82) is 0 Å². The van der Waals surface area contributed by atoms with Crippen LogP contribution in [0.5, 0.6) is 6.01 Å². The smallest absolute Gasteiger partial charge is 0.317 e. The maximum absolute atomic E-state index is 6.26. The Bertz CT molecular complexity index is 719. The molecule has 0 saturated carbocycles. The quantitative estimate of drug-likeness (QED) is 0.427. The molecule has 0 aromatic carbocycles. The summed E-state index contributed by atoms with van der Waals surface area (Å²) in [6, 6.07) is 3.26. The monoisotopic (exact) mass is 446 g/mol. The lowest BCUT2D eigenvalue weighted by molar-refractivity contribution is 0.0659. The van der Waals surface area contributed by atoms with Crippen molar-refractivity contribution >= 4 is 35.6 Å².